The number of hydrogen-bond acceptors (Lipinski definition) is 3. The molecular weight excluding hydrogens is 467 g/mol. The van der Waals surface area contributed by atoms with Gasteiger partial charge >= 0.3 is 51.4 Å². The quantitative estimate of drug-likeness (QED) is 0.0963. The average Bonchev–Trinajstić information content (AvgIpc) is 2.80. The molecule has 0 fully saturated rings. The normalized spacial score (nSPS) is 11.5. The van der Waals surface area contributed by atoms with Gasteiger partial charge in [-0.05, 0) is 30.5 Å². The van der Waals surface area contributed by atoms with Crippen LogP contribution in [0, 0.1) is 0 Å². The number of unbranched alkanes of at least 4 members (excludes halogenated alkanes) is 20. The van der Waals surface area contributed by atoms with Gasteiger partial charge in [-0.2, -0.15) is 0 Å². The van der Waals surface area contributed by atoms with Crippen molar-refractivity contribution in [2.24, 2.45) is 0 Å². The van der Waals surface area contributed by atoms with E-state index >= 15 is 0 Å². The summed E-state index contributed by atoms with van der Waals surface area (Å²) in [4.78, 5) is -0.134. The van der Waals surface area contributed by atoms with Crippen molar-refractivity contribution in [3.63, 3.8) is 0 Å². The first-order valence-corrected chi connectivity index (χ1v) is 15.5. The van der Waals surface area contributed by atoms with E-state index in [-0.39, 0.29) is 56.3 Å². The molecule has 0 aliphatic heterocycles. The van der Waals surface area contributed by atoms with Gasteiger partial charge in [0.15, 0.2) is 0 Å². The minimum Gasteiger partial charge on any atom is -0.744 e. The fourth-order valence-electron chi connectivity index (χ4n) is 4.58. The molecule has 0 amide bonds. The van der Waals surface area contributed by atoms with Crippen molar-refractivity contribution in [3.8, 4) is 0 Å². The van der Waals surface area contributed by atoms with Crippen LogP contribution < -0.4 is 51.4 Å². The molecule has 1 rings (SSSR count). The molecule has 0 bridgehead atoms. The van der Waals surface area contributed by atoms with Crippen molar-refractivity contribution in [3.05, 3.63) is 29.8 Å². The van der Waals surface area contributed by atoms with E-state index in [1.165, 1.54) is 141 Å². The zero-order valence-corrected chi connectivity index (χ0v) is 26.4. The molecule has 0 aromatic heterocycles. The average molecular weight is 519 g/mol. The monoisotopic (exact) mass is 518 g/mol. The summed E-state index contributed by atoms with van der Waals surface area (Å²) in [5.74, 6) is 0. The Hall–Kier alpha value is 0.766. The van der Waals surface area contributed by atoms with Crippen LogP contribution in [0.5, 0.6) is 0 Å². The van der Waals surface area contributed by atoms with Gasteiger partial charge in [0.1, 0.15) is 10.1 Å². The summed E-state index contributed by atoms with van der Waals surface area (Å²) in [6.07, 6.45) is 30.1. The Labute approximate surface area is 254 Å². The topological polar surface area (TPSA) is 57.2 Å². The van der Waals surface area contributed by atoms with E-state index in [9.17, 15) is 13.0 Å². The molecule has 34 heavy (non-hydrogen) atoms. The summed E-state index contributed by atoms with van der Waals surface area (Å²) in [7, 11) is -4.33. The van der Waals surface area contributed by atoms with Crippen molar-refractivity contribution in [1.29, 1.82) is 0 Å². The molecule has 5 heteroatoms. The van der Waals surface area contributed by atoms with E-state index in [1.54, 1.807) is 12.1 Å². The Morgan fingerprint density at radius 3 is 1.12 bits per heavy atom. The number of benzene rings is 1. The maximum absolute atomic E-state index is 10.9. The SMILES string of the molecule is CCCCCCCCCCCCCCCCCCCCCCCc1ccc(S(=O)(=O)[O-])cc1.[K+]. The number of hydrogen-bond donors (Lipinski definition) is 0. The minimum atomic E-state index is -4.33. The van der Waals surface area contributed by atoms with E-state index in [2.05, 4.69) is 6.92 Å². The second kappa shape index (κ2) is 24.1. The van der Waals surface area contributed by atoms with Crippen LogP contribution in [0.2, 0.25) is 0 Å². The van der Waals surface area contributed by atoms with Crippen LogP contribution in [0.1, 0.15) is 147 Å². The Morgan fingerprint density at radius 1 is 0.529 bits per heavy atom. The largest absolute Gasteiger partial charge is 1.00 e. The number of aryl methyl sites for hydroxylation is 1. The molecule has 1 aromatic carbocycles. The smallest absolute Gasteiger partial charge is 0.744 e. The number of rotatable bonds is 23. The summed E-state index contributed by atoms with van der Waals surface area (Å²) >= 11 is 0. The van der Waals surface area contributed by atoms with E-state index < -0.39 is 10.1 Å². The summed E-state index contributed by atoms with van der Waals surface area (Å²) in [6.45, 7) is 2.29. The fourth-order valence-corrected chi connectivity index (χ4v) is 5.05. The van der Waals surface area contributed by atoms with E-state index in [4.69, 9.17) is 0 Å². The van der Waals surface area contributed by atoms with Crippen LogP contribution in [0.15, 0.2) is 29.2 Å². The van der Waals surface area contributed by atoms with E-state index in [0.29, 0.717) is 0 Å². The van der Waals surface area contributed by atoms with Crippen molar-refractivity contribution in [2.45, 2.75) is 153 Å². The van der Waals surface area contributed by atoms with Crippen LogP contribution in [-0.4, -0.2) is 13.0 Å². The van der Waals surface area contributed by atoms with Gasteiger partial charge in [-0.25, -0.2) is 8.42 Å². The molecule has 0 radical (unpaired) electrons. The van der Waals surface area contributed by atoms with Gasteiger partial charge in [-0.3, -0.25) is 0 Å². The first kappa shape index (κ1) is 34.8. The first-order valence-electron chi connectivity index (χ1n) is 14.1. The minimum absolute atomic E-state index is 0. The molecule has 0 unspecified atom stereocenters. The predicted molar refractivity (Wildman–Crippen MR) is 141 cm³/mol. The van der Waals surface area contributed by atoms with Gasteiger partial charge in [0.2, 0.25) is 0 Å². The zero-order valence-electron chi connectivity index (χ0n) is 22.5. The second-order valence-corrected chi connectivity index (χ2v) is 11.3. The third-order valence-corrected chi connectivity index (χ3v) is 7.63. The van der Waals surface area contributed by atoms with Gasteiger partial charge in [-0.15, -0.1) is 0 Å². The fraction of sp³-hybridized carbons (Fsp3) is 0.793. The van der Waals surface area contributed by atoms with Gasteiger partial charge < -0.3 is 4.55 Å². The second-order valence-electron chi connectivity index (χ2n) is 9.92. The molecule has 1 aromatic rings. The van der Waals surface area contributed by atoms with Crippen LogP contribution in [0.25, 0.3) is 0 Å². The van der Waals surface area contributed by atoms with E-state index in [0.717, 1.165) is 18.4 Å². The molecule has 3 nitrogen and oxygen atoms in total. The molecule has 0 heterocycles. The summed E-state index contributed by atoms with van der Waals surface area (Å²) in [5, 5.41) is 0. The summed E-state index contributed by atoms with van der Waals surface area (Å²) in [6, 6.07) is 6.38. The van der Waals surface area contributed by atoms with Crippen molar-refractivity contribution in [2.75, 3.05) is 0 Å². The van der Waals surface area contributed by atoms with Gasteiger partial charge in [0, 0.05) is 0 Å². The first-order chi connectivity index (χ1) is 16.0. The molecular formula is C29H51KO3S. The Balaban J connectivity index is 0.0000109. The zero-order chi connectivity index (χ0) is 24.0. The Kier molecular flexibility index (Phi) is 24.7. The van der Waals surface area contributed by atoms with Gasteiger partial charge in [-0.1, -0.05) is 147 Å². The van der Waals surface area contributed by atoms with Gasteiger partial charge in [0.05, 0.1) is 4.90 Å². The van der Waals surface area contributed by atoms with Gasteiger partial charge in [0.25, 0.3) is 0 Å². The molecule has 0 aliphatic carbocycles. The van der Waals surface area contributed by atoms with Crippen molar-refractivity contribution >= 4 is 10.1 Å². The maximum atomic E-state index is 10.9. The molecule has 192 valence electrons. The maximum Gasteiger partial charge on any atom is 1.00 e. The molecule has 0 N–H and O–H groups in total. The van der Waals surface area contributed by atoms with Crippen LogP contribution in [-0.2, 0) is 16.5 Å². The molecule has 0 saturated heterocycles. The summed E-state index contributed by atoms with van der Waals surface area (Å²) < 4.78 is 32.8. The standard InChI is InChI=1S/C29H52O3S.K/c1-2-3-4-5-6-7-8-9-10-11-12-13-14-15-16-17-18-19-20-21-22-23-28-24-26-29(27-25-28)33(30,31)32;/h24-27H,2-23H2,1H3,(H,30,31,32);/q;+1/p-1. The summed E-state index contributed by atoms with van der Waals surface area (Å²) in [5.41, 5.74) is 1.11. The third-order valence-electron chi connectivity index (χ3n) is 6.78. The van der Waals surface area contributed by atoms with Crippen molar-refractivity contribution < 1.29 is 64.4 Å². The molecule has 0 spiro atoms. The van der Waals surface area contributed by atoms with E-state index in [1.807, 2.05) is 0 Å². The van der Waals surface area contributed by atoms with Crippen LogP contribution in [0.4, 0.5) is 0 Å². The van der Waals surface area contributed by atoms with Crippen LogP contribution in [0.3, 0.4) is 0 Å². The molecule has 0 aliphatic rings. The van der Waals surface area contributed by atoms with Crippen molar-refractivity contribution in [1.82, 2.24) is 0 Å². The molecule has 0 saturated carbocycles. The molecule has 0 atom stereocenters. The van der Waals surface area contributed by atoms with Crippen LogP contribution >= 0.6 is 0 Å². The predicted octanol–water partition coefficient (Wildman–Crippen LogP) is 6.35. The Morgan fingerprint density at radius 2 is 0.824 bits per heavy atom. The third kappa shape index (κ3) is 20.9. The Bertz CT molecular complexity index is 658.